The Morgan fingerprint density at radius 3 is 2.62 bits per heavy atom. The second-order valence-electron chi connectivity index (χ2n) is 4.46. The van der Waals surface area contributed by atoms with Crippen molar-refractivity contribution in [3.8, 4) is 10.6 Å². The molecule has 0 radical (unpaired) electrons. The lowest BCUT2D eigenvalue weighted by atomic mass is 10.1. The number of rotatable bonds is 3. The molecule has 0 aliphatic heterocycles. The lowest BCUT2D eigenvalue weighted by Crippen LogP contribution is -2.11. The molecular formula is C15H11BrFN3S. The summed E-state index contributed by atoms with van der Waals surface area (Å²) in [6.07, 6.45) is 0. The molecule has 2 N–H and O–H groups in total. The van der Waals surface area contributed by atoms with Gasteiger partial charge in [0.05, 0.1) is 6.04 Å². The standard InChI is InChI=1S/C15H11BrFN3S/c16-12-7-6-10(17)8-11(12)14-19-20-15(21-14)13(18)9-4-2-1-3-5-9/h1-8,13H,18H2. The van der Waals surface area contributed by atoms with Gasteiger partial charge in [-0.25, -0.2) is 4.39 Å². The van der Waals surface area contributed by atoms with E-state index in [-0.39, 0.29) is 11.9 Å². The lowest BCUT2D eigenvalue weighted by molar-refractivity contribution is 0.628. The number of halogens is 2. The van der Waals surface area contributed by atoms with Crippen LogP contribution in [0.3, 0.4) is 0 Å². The molecule has 1 aromatic heterocycles. The Balaban J connectivity index is 1.95. The first-order valence-corrected chi connectivity index (χ1v) is 7.85. The highest BCUT2D eigenvalue weighted by Crippen LogP contribution is 2.33. The number of nitrogens with zero attached hydrogens (tertiary/aromatic N) is 2. The Kier molecular flexibility index (Phi) is 4.10. The van der Waals surface area contributed by atoms with Crippen LogP contribution < -0.4 is 5.73 Å². The third-order valence-electron chi connectivity index (χ3n) is 3.02. The average molecular weight is 364 g/mol. The molecule has 0 saturated carbocycles. The van der Waals surface area contributed by atoms with Gasteiger partial charge in [0, 0.05) is 10.0 Å². The molecule has 0 spiro atoms. The summed E-state index contributed by atoms with van der Waals surface area (Å²) in [5.74, 6) is -0.308. The smallest absolute Gasteiger partial charge is 0.149 e. The van der Waals surface area contributed by atoms with Gasteiger partial charge in [-0.15, -0.1) is 10.2 Å². The van der Waals surface area contributed by atoms with Gasteiger partial charge in [0.1, 0.15) is 15.8 Å². The minimum Gasteiger partial charge on any atom is -0.318 e. The second kappa shape index (κ2) is 6.01. The van der Waals surface area contributed by atoms with Crippen LogP contribution in [-0.4, -0.2) is 10.2 Å². The van der Waals surface area contributed by atoms with Gasteiger partial charge in [-0.05, 0) is 23.8 Å². The highest BCUT2D eigenvalue weighted by Gasteiger charge is 2.16. The molecule has 21 heavy (non-hydrogen) atoms. The summed E-state index contributed by atoms with van der Waals surface area (Å²) in [7, 11) is 0. The van der Waals surface area contributed by atoms with Crippen molar-refractivity contribution in [1.29, 1.82) is 0 Å². The zero-order valence-electron chi connectivity index (χ0n) is 10.8. The molecule has 0 saturated heterocycles. The highest BCUT2D eigenvalue weighted by atomic mass is 79.9. The van der Waals surface area contributed by atoms with Crippen LogP contribution >= 0.6 is 27.3 Å². The van der Waals surface area contributed by atoms with Gasteiger partial charge in [0.15, 0.2) is 0 Å². The molecule has 3 rings (SSSR count). The summed E-state index contributed by atoms with van der Waals surface area (Å²) >= 11 is 4.77. The van der Waals surface area contributed by atoms with E-state index < -0.39 is 0 Å². The predicted molar refractivity (Wildman–Crippen MR) is 85.5 cm³/mol. The van der Waals surface area contributed by atoms with Crippen molar-refractivity contribution >= 4 is 27.3 Å². The molecule has 3 aromatic rings. The monoisotopic (exact) mass is 363 g/mol. The van der Waals surface area contributed by atoms with Gasteiger partial charge in [-0.3, -0.25) is 0 Å². The minimum absolute atomic E-state index is 0.308. The summed E-state index contributed by atoms with van der Waals surface area (Å²) in [4.78, 5) is 0. The van der Waals surface area contributed by atoms with Crippen molar-refractivity contribution < 1.29 is 4.39 Å². The van der Waals surface area contributed by atoms with Crippen LogP contribution in [0.2, 0.25) is 0 Å². The molecular weight excluding hydrogens is 353 g/mol. The normalized spacial score (nSPS) is 12.3. The maximum atomic E-state index is 13.4. The van der Waals surface area contributed by atoms with Gasteiger partial charge in [-0.2, -0.15) is 0 Å². The zero-order valence-corrected chi connectivity index (χ0v) is 13.2. The van der Waals surface area contributed by atoms with Gasteiger partial charge >= 0.3 is 0 Å². The van der Waals surface area contributed by atoms with Crippen molar-refractivity contribution in [1.82, 2.24) is 10.2 Å². The number of hydrogen-bond donors (Lipinski definition) is 1. The van der Waals surface area contributed by atoms with Crippen LogP contribution in [0.1, 0.15) is 16.6 Å². The second-order valence-corrected chi connectivity index (χ2v) is 6.32. The molecule has 1 unspecified atom stereocenters. The SMILES string of the molecule is NC(c1ccccc1)c1nnc(-c2cc(F)ccc2Br)s1. The highest BCUT2D eigenvalue weighted by molar-refractivity contribution is 9.10. The van der Waals surface area contributed by atoms with Crippen molar-refractivity contribution in [3.63, 3.8) is 0 Å². The zero-order chi connectivity index (χ0) is 14.8. The maximum Gasteiger partial charge on any atom is 0.149 e. The van der Waals surface area contributed by atoms with Crippen LogP contribution in [0.15, 0.2) is 53.0 Å². The Labute approximate surface area is 133 Å². The molecule has 0 aliphatic carbocycles. The van der Waals surface area contributed by atoms with E-state index in [0.717, 1.165) is 10.0 Å². The van der Waals surface area contributed by atoms with E-state index >= 15 is 0 Å². The maximum absolute atomic E-state index is 13.4. The van der Waals surface area contributed by atoms with Crippen molar-refractivity contribution in [3.05, 3.63) is 69.4 Å². The predicted octanol–water partition coefficient (Wildman–Crippen LogP) is 4.15. The van der Waals surface area contributed by atoms with E-state index in [1.807, 2.05) is 30.3 Å². The summed E-state index contributed by atoms with van der Waals surface area (Å²) < 4.78 is 14.2. The number of aromatic nitrogens is 2. The van der Waals surface area contributed by atoms with Crippen LogP contribution in [-0.2, 0) is 0 Å². The van der Waals surface area contributed by atoms with Crippen molar-refractivity contribution in [2.75, 3.05) is 0 Å². The first-order valence-electron chi connectivity index (χ1n) is 6.24. The molecule has 1 atom stereocenters. The largest absolute Gasteiger partial charge is 0.318 e. The van der Waals surface area contributed by atoms with Gasteiger partial charge < -0.3 is 5.73 Å². The first kappa shape index (κ1) is 14.3. The van der Waals surface area contributed by atoms with E-state index in [4.69, 9.17) is 5.73 Å². The molecule has 3 nitrogen and oxygen atoms in total. The Hall–Kier alpha value is -1.63. The van der Waals surface area contributed by atoms with Gasteiger partial charge in [-0.1, -0.05) is 57.6 Å². The molecule has 0 bridgehead atoms. The molecule has 6 heteroatoms. The van der Waals surface area contributed by atoms with Crippen molar-refractivity contribution in [2.45, 2.75) is 6.04 Å². The number of benzene rings is 2. The van der Waals surface area contributed by atoms with Crippen LogP contribution in [0.25, 0.3) is 10.6 Å². The molecule has 0 amide bonds. The quantitative estimate of drug-likeness (QED) is 0.760. The van der Waals surface area contributed by atoms with E-state index in [1.165, 1.54) is 23.5 Å². The third-order valence-corrected chi connectivity index (χ3v) is 4.76. The Morgan fingerprint density at radius 1 is 1.10 bits per heavy atom. The lowest BCUT2D eigenvalue weighted by Gasteiger charge is -2.07. The van der Waals surface area contributed by atoms with Gasteiger partial charge in [0.25, 0.3) is 0 Å². The van der Waals surface area contributed by atoms with Crippen molar-refractivity contribution in [2.24, 2.45) is 5.73 Å². The summed E-state index contributed by atoms with van der Waals surface area (Å²) in [6, 6.07) is 13.8. The fourth-order valence-corrected chi connectivity index (χ4v) is 3.40. The summed E-state index contributed by atoms with van der Waals surface area (Å²) in [6.45, 7) is 0. The number of nitrogens with two attached hydrogens (primary N) is 1. The molecule has 2 aromatic carbocycles. The molecule has 106 valence electrons. The summed E-state index contributed by atoms with van der Waals surface area (Å²) in [5, 5.41) is 9.61. The molecule has 0 fully saturated rings. The van der Waals surface area contributed by atoms with Crippen LogP contribution in [0, 0.1) is 5.82 Å². The van der Waals surface area contributed by atoms with E-state index in [1.54, 1.807) is 6.07 Å². The average Bonchev–Trinajstić information content (AvgIpc) is 2.99. The third kappa shape index (κ3) is 3.02. The first-order chi connectivity index (χ1) is 10.1. The fraction of sp³-hybridized carbons (Fsp3) is 0.0667. The van der Waals surface area contributed by atoms with E-state index in [2.05, 4.69) is 26.1 Å². The Bertz CT molecular complexity index is 761. The van der Waals surface area contributed by atoms with E-state index in [0.29, 0.717) is 15.6 Å². The van der Waals surface area contributed by atoms with Gasteiger partial charge in [0.2, 0.25) is 0 Å². The Morgan fingerprint density at radius 2 is 1.86 bits per heavy atom. The van der Waals surface area contributed by atoms with E-state index in [9.17, 15) is 4.39 Å². The molecule has 1 heterocycles. The summed E-state index contributed by atoms with van der Waals surface area (Å²) in [5.41, 5.74) is 7.85. The van der Waals surface area contributed by atoms with Crippen LogP contribution in [0.4, 0.5) is 4.39 Å². The topological polar surface area (TPSA) is 51.8 Å². The van der Waals surface area contributed by atoms with Crippen LogP contribution in [0.5, 0.6) is 0 Å². The minimum atomic E-state index is -0.329. The fourth-order valence-electron chi connectivity index (χ4n) is 1.93. The number of hydrogen-bond acceptors (Lipinski definition) is 4. The molecule has 0 aliphatic rings.